The van der Waals surface area contributed by atoms with E-state index in [-0.39, 0.29) is 12.1 Å². The summed E-state index contributed by atoms with van der Waals surface area (Å²) >= 11 is 1.49. The average molecular weight is 344 g/mol. The van der Waals surface area contributed by atoms with Gasteiger partial charge in [0.25, 0.3) is 0 Å². The Bertz CT molecular complexity index is 839. The molecular formula is C14H16N8OS. The summed E-state index contributed by atoms with van der Waals surface area (Å²) in [5.74, 6) is 0.801. The number of nitrogens with zero attached hydrogens (tertiary/aromatic N) is 6. The van der Waals surface area contributed by atoms with Crippen LogP contribution in [0.4, 0.5) is 10.5 Å². The van der Waals surface area contributed by atoms with Gasteiger partial charge in [0.2, 0.25) is 0 Å². The number of nitrogens with one attached hydrogen (secondary N) is 2. The van der Waals surface area contributed by atoms with Crippen LogP contribution in [0.25, 0.3) is 10.7 Å². The highest BCUT2D eigenvalue weighted by Gasteiger charge is 2.33. The van der Waals surface area contributed by atoms with Crippen LogP contribution in [0.3, 0.4) is 0 Å². The molecule has 4 rings (SSSR count). The van der Waals surface area contributed by atoms with Crippen molar-refractivity contribution in [3.8, 4) is 10.7 Å². The molecule has 1 unspecified atom stereocenters. The van der Waals surface area contributed by atoms with Crippen molar-refractivity contribution < 1.29 is 4.79 Å². The van der Waals surface area contributed by atoms with Crippen molar-refractivity contribution in [3.05, 3.63) is 29.9 Å². The van der Waals surface area contributed by atoms with E-state index in [1.54, 1.807) is 23.6 Å². The molecule has 0 spiro atoms. The van der Waals surface area contributed by atoms with Crippen LogP contribution >= 0.6 is 11.3 Å². The smallest absolute Gasteiger partial charge is 0.319 e. The molecule has 9 nitrogen and oxygen atoms in total. The zero-order valence-corrected chi connectivity index (χ0v) is 13.8. The molecule has 124 valence electrons. The maximum atomic E-state index is 12.8. The molecule has 0 saturated carbocycles. The lowest BCUT2D eigenvalue weighted by Gasteiger charge is -2.24. The number of amides is 2. The fourth-order valence-electron chi connectivity index (χ4n) is 2.95. The monoisotopic (exact) mass is 344 g/mol. The third-order valence-electron chi connectivity index (χ3n) is 4.09. The summed E-state index contributed by atoms with van der Waals surface area (Å²) in [5, 5.41) is 20.6. The van der Waals surface area contributed by atoms with Gasteiger partial charge in [0.15, 0.2) is 5.82 Å². The molecule has 0 bridgehead atoms. The molecule has 2 amide bonds. The maximum Gasteiger partial charge on any atom is 0.322 e. The number of aromatic amines is 1. The predicted molar refractivity (Wildman–Crippen MR) is 88.4 cm³/mol. The fraction of sp³-hybridized carbons (Fsp3) is 0.357. The first-order chi connectivity index (χ1) is 11.7. The van der Waals surface area contributed by atoms with Gasteiger partial charge < -0.3 is 14.8 Å². The number of aromatic nitrogens is 6. The third-order valence-corrected chi connectivity index (χ3v) is 4.88. The number of carbonyl (C=O) groups excluding carboxylic acids is 1. The molecule has 0 radical (unpaired) electrons. The number of urea groups is 1. The van der Waals surface area contributed by atoms with Crippen molar-refractivity contribution in [1.82, 2.24) is 34.8 Å². The lowest BCUT2D eigenvalue weighted by molar-refractivity contribution is 0.204. The van der Waals surface area contributed by atoms with Gasteiger partial charge in [-0.3, -0.25) is 5.10 Å². The molecule has 10 heteroatoms. The first kappa shape index (κ1) is 14.8. The molecule has 1 fully saturated rings. The minimum atomic E-state index is -0.167. The minimum Gasteiger partial charge on any atom is -0.319 e. The van der Waals surface area contributed by atoms with Gasteiger partial charge >= 0.3 is 6.03 Å². The Kier molecular flexibility index (Phi) is 3.73. The normalized spacial score (nSPS) is 17.4. The number of aryl methyl sites for hydroxylation is 1. The second kappa shape index (κ2) is 6.04. The van der Waals surface area contributed by atoms with Crippen LogP contribution in [0.2, 0.25) is 0 Å². The average Bonchev–Trinajstić information content (AvgIpc) is 3.34. The van der Waals surface area contributed by atoms with Crippen molar-refractivity contribution in [2.24, 2.45) is 7.05 Å². The molecule has 2 N–H and O–H groups in total. The van der Waals surface area contributed by atoms with Crippen molar-refractivity contribution in [2.45, 2.75) is 18.9 Å². The predicted octanol–water partition coefficient (Wildman–Crippen LogP) is 2.03. The van der Waals surface area contributed by atoms with Gasteiger partial charge in [-0.1, -0.05) is 0 Å². The summed E-state index contributed by atoms with van der Waals surface area (Å²) in [5.41, 5.74) is 1.34. The molecule has 1 atom stereocenters. The molecule has 3 aromatic rings. The Hall–Kier alpha value is -2.75. The minimum absolute atomic E-state index is 0.0623. The fourth-order valence-corrected chi connectivity index (χ4v) is 3.60. The first-order valence-electron chi connectivity index (χ1n) is 7.59. The third kappa shape index (κ3) is 2.54. The second-order valence-electron chi connectivity index (χ2n) is 5.58. The molecule has 0 aliphatic carbocycles. The van der Waals surface area contributed by atoms with Crippen LogP contribution < -0.4 is 5.32 Å². The van der Waals surface area contributed by atoms with E-state index in [2.05, 4.69) is 30.7 Å². The summed E-state index contributed by atoms with van der Waals surface area (Å²) in [4.78, 5) is 18.8. The Balaban J connectivity index is 1.55. The number of likely N-dealkylation sites (tertiary alicyclic amines) is 1. The lowest BCUT2D eigenvalue weighted by atomic mass is 10.2. The van der Waals surface area contributed by atoms with Gasteiger partial charge in [0.05, 0.1) is 17.9 Å². The summed E-state index contributed by atoms with van der Waals surface area (Å²) < 4.78 is 1.86. The number of hydrogen-bond acceptors (Lipinski definition) is 6. The number of thiazole rings is 1. The number of hydrogen-bond donors (Lipinski definition) is 2. The zero-order chi connectivity index (χ0) is 16.5. The van der Waals surface area contributed by atoms with Gasteiger partial charge in [0, 0.05) is 25.2 Å². The SMILES string of the molecule is Cn1cnnc1C1CCCN1C(=O)Nc1cn[nH]c1-c1nccs1. The van der Waals surface area contributed by atoms with Crippen molar-refractivity contribution >= 4 is 23.1 Å². The quantitative estimate of drug-likeness (QED) is 0.756. The van der Waals surface area contributed by atoms with Crippen LogP contribution in [0, 0.1) is 0 Å². The van der Waals surface area contributed by atoms with Crippen LogP contribution in [-0.4, -0.2) is 47.4 Å². The Morgan fingerprint density at radius 1 is 1.50 bits per heavy atom. The maximum absolute atomic E-state index is 12.8. The summed E-state index contributed by atoms with van der Waals surface area (Å²) in [6.45, 7) is 0.688. The van der Waals surface area contributed by atoms with Crippen LogP contribution in [0.15, 0.2) is 24.1 Å². The number of rotatable bonds is 3. The van der Waals surface area contributed by atoms with E-state index in [4.69, 9.17) is 0 Å². The molecule has 0 aromatic carbocycles. The van der Waals surface area contributed by atoms with E-state index in [9.17, 15) is 4.79 Å². The summed E-state index contributed by atoms with van der Waals surface area (Å²) in [7, 11) is 1.89. The zero-order valence-electron chi connectivity index (χ0n) is 13.0. The molecule has 1 aliphatic heterocycles. The van der Waals surface area contributed by atoms with Gasteiger partial charge in [-0.2, -0.15) is 5.10 Å². The highest BCUT2D eigenvalue weighted by molar-refractivity contribution is 7.13. The van der Waals surface area contributed by atoms with E-state index < -0.39 is 0 Å². The number of anilines is 1. The van der Waals surface area contributed by atoms with E-state index in [1.165, 1.54) is 11.3 Å². The van der Waals surface area contributed by atoms with E-state index in [1.807, 2.05) is 17.0 Å². The molecule has 24 heavy (non-hydrogen) atoms. The Morgan fingerprint density at radius 3 is 3.17 bits per heavy atom. The van der Waals surface area contributed by atoms with Crippen LogP contribution in [0.1, 0.15) is 24.7 Å². The topological polar surface area (TPSA) is 105 Å². The molecule has 3 aromatic heterocycles. The first-order valence-corrected chi connectivity index (χ1v) is 8.47. The van der Waals surface area contributed by atoms with Gasteiger partial charge in [-0.15, -0.1) is 21.5 Å². The van der Waals surface area contributed by atoms with Gasteiger partial charge in [-0.25, -0.2) is 9.78 Å². The van der Waals surface area contributed by atoms with Crippen LogP contribution in [0.5, 0.6) is 0 Å². The molecular weight excluding hydrogens is 328 g/mol. The Morgan fingerprint density at radius 2 is 2.42 bits per heavy atom. The Labute approximate surface area is 141 Å². The van der Waals surface area contributed by atoms with Crippen molar-refractivity contribution in [3.63, 3.8) is 0 Å². The highest BCUT2D eigenvalue weighted by atomic mass is 32.1. The van der Waals surface area contributed by atoms with E-state index >= 15 is 0 Å². The summed E-state index contributed by atoms with van der Waals surface area (Å²) in [6, 6.07) is -0.229. The summed E-state index contributed by atoms with van der Waals surface area (Å²) in [6.07, 6.45) is 6.79. The number of H-pyrrole nitrogens is 1. The van der Waals surface area contributed by atoms with Gasteiger partial charge in [-0.05, 0) is 12.8 Å². The van der Waals surface area contributed by atoms with Crippen molar-refractivity contribution in [1.29, 1.82) is 0 Å². The van der Waals surface area contributed by atoms with E-state index in [0.29, 0.717) is 17.9 Å². The number of carbonyl (C=O) groups is 1. The molecule has 4 heterocycles. The highest BCUT2D eigenvalue weighted by Crippen LogP contribution is 2.32. The van der Waals surface area contributed by atoms with Gasteiger partial charge in [0.1, 0.15) is 17.0 Å². The standard InChI is InChI=1S/C14H16N8OS/c1-21-8-17-20-12(21)10-3-2-5-22(10)14(23)18-9-7-16-19-11(9)13-15-4-6-24-13/h4,6-8,10H,2-3,5H2,1H3,(H,16,19)(H,18,23). The van der Waals surface area contributed by atoms with Crippen LogP contribution in [-0.2, 0) is 7.05 Å². The largest absolute Gasteiger partial charge is 0.322 e. The second-order valence-corrected chi connectivity index (χ2v) is 6.47. The molecule has 1 saturated heterocycles. The van der Waals surface area contributed by atoms with Crippen molar-refractivity contribution in [2.75, 3.05) is 11.9 Å². The molecule has 1 aliphatic rings. The lowest BCUT2D eigenvalue weighted by Crippen LogP contribution is -2.35. The van der Waals surface area contributed by atoms with E-state index in [0.717, 1.165) is 23.7 Å².